The van der Waals surface area contributed by atoms with E-state index in [0.717, 1.165) is 30.5 Å². The highest BCUT2D eigenvalue weighted by atomic mass is 19.4. The second-order valence-electron chi connectivity index (χ2n) is 7.57. The largest absolute Gasteiger partial charge is 0.416 e. The van der Waals surface area contributed by atoms with E-state index >= 15 is 0 Å². The average Bonchev–Trinajstić information content (AvgIpc) is 3.26. The van der Waals surface area contributed by atoms with Crippen LogP contribution >= 0.6 is 0 Å². The van der Waals surface area contributed by atoms with Gasteiger partial charge in [-0.1, -0.05) is 24.3 Å². The lowest BCUT2D eigenvalue weighted by atomic mass is 9.87. The zero-order valence-corrected chi connectivity index (χ0v) is 15.0. The third-order valence-electron chi connectivity index (χ3n) is 5.73. The highest BCUT2D eigenvalue weighted by Gasteiger charge is 2.47. The molecule has 7 heteroatoms. The number of rotatable bonds is 4. The Morgan fingerprint density at radius 3 is 2.21 bits per heavy atom. The maximum absolute atomic E-state index is 13.2. The summed E-state index contributed by atoms with van der Waals surface area (Å²) >= 11 is 0. The molecule has 2 aromatic carbocycles. The predicted molar refractivity (Wildman–Crippen MR) is 96.0 cm³/mol. The Bertz CT molecular complexity index is 857. The maximum atomic E-state index is 13.2. The molecule has 2 aromatic rings. The summed E-state index contributed by atoms with van der Waals surface area (Å²) in [5.74, 6) is -1.01. The van der Waals surface area contributed by atoms with Crippen LogP contribution in [0, 0.1) is 11.7 Å². The van der Waals surface area contributed by atoms with Gasteiger partial charge in [0.05, 0.1) is 17.0 Å². The van der Waals surface area contributed by atoms with Crippen molar-refractivity contribution < 1.29 is 22.4 Å². The van der Waals surface area contributed by atoms with E-state index < -0.39 is 17.3 Å². The number of alkyl halides is 3. The van der Waals surface area contributed by atoms with E-state index in [1.165, 1.54) is 24.3 Å². The molecule has 1 heterocycles. The SMILES string of the molecule is O=C(NC1(c2ccc(F)cc2)CC1)[C@@H]1CNC[C@H]1c1ccc(C(F)(F)F)cc1. The Morgan fingerprint density at radius 2 is 1.64 bits per heavy atom. The third-order valence-corrected chi connectivity index (χ3v) is 5.73. The Labute approximate surface area is 160 Å². The normalized spacial score (nSPS) is 23.4. The molecule has 0 radical (unpaired) electrons. The Kier molecular flexibility index (Phi) is 4.65. The van der Waals surface area contributed by atoms with Gasteiger partial charge in [-0.25, -0.2) is 4.39 Å². The smallest absolute Gasteiger partial charge is 0.346 e. The summed E-state index contributed by atoms with van der Waals surface area (Å²) < 4.78 is 51.5. The molecule has 0 aromatic heterocycles. The topological polar surface area (TPSA) is 41.1 Å². The van der Waals surface area contributed by atoms with Crippen molar-refractivity contribution in [3.8, 4) is 0 Å². The zero-order chi connectivity index (χ0) is 19.9. The molecule has 1 amide bonds. The first-order valence-electron chi connectivity index (χ1n) is 9.24. The lowest BCUT2D eigenvalue weighted by Gasteiger charge is -2.24. The number of benzene rings is 2. The van der Waals surface area contributed by atoms with Gasteiger partial charge >= 0.3 is 6.18 Å². The van der Waals surface area contributed by atoms with Crippen molar-refractivity contribution in [3.05, 3.63) is 71.0 Å². The summed E-state index contributed by atoms with van der Waals surface area (Å²) in [5.41, 5.74) is 0.429. The summed E-state index contributed by atoms with van der Waals surface area (Å²) in [6, 6.07) is 11.1. The molecular weight excluding hydrogens is 372 g/mol. The second-order valence-corrected chi connectivity index (χ2v) is 7.57. The van der Waals surface area contributed by atoms with Gasteiger partial charge in [-0.3, -0.25) is 4.79 Å². The van der Waals surface area contributed by atoms with Crippen LogP contribution in [0.1, 0.15) is 35.4 Å². The highest BCUT2D eigenvalue weighted by molar-refractivity contribution is 5.82. The first kappa shape index (κ1) is 18.9. The van der Waals surface area contributed by atoms with Crippen molar-refractivity contribution in [2.24, 2.45) is 5.92 Å². The van der Waals surface area contributed by atoms with Gasteiger partial charge in [-0.05, 0) is 48.2 Å². The standard InChI is InChI=1S/C21H20F4N2O/c22-16-7-5-14(6-8-16)20(9-10-20)27-19(28)18-12-26-11-17(18)13-1-3-15(4-2-13)21(23,24)25/h1-8,17-18,26H,9-12H2,(H,27,28)/t17-,18+/m0/s1. The van der Waals surface area contributed by atoms with Crippen LogP contribution in [-0.4, -0.2) is 19.0 Å². The van der Waals surface area contributed by atoms with E-state index in [-0.39, 0.29) is 23.6 Å². The fourth-order valence-electron chi connectivity index (χ4n) is 3.93. The van der Waals surface area contributed by atoms with Crippen LogP contribution in [0.2, 0.25) is 0 Å². The quantitative estimate of drug-likeness (QED) is 0.774. The maximum Gasteiger partial charge on any atom is 0.416 e. The summed E-state index contributed by atoms with van der Waals surface area (Å²) in [4.78, 5) is 12.9. The molecule has 2 atom stereocenters. The lowest BCUT2D eigenvalue weighted by molar-refractivity contribution is -0.137. The molecule has 1 saturated heterocycles. The molecule has 2 fully saturated rings. The predicted octanol–water partition coefficient (Wildman–Crippen LogP) is 3.95. The van der Waals surface area contributed by atoms with Crippen molar-refractivity contribution in [1.29, 1.82) is 0 Å². The zero-order valence-electron chi connectivity index (χ0n) is 15.0. The van der Waals surface area contributed by atoms with Crippen molar-refractivity contribution in [1.82, 2.24) is 10.6 Å². The van der Waals surface area contributed by atoms with Crippen LogP contribution in [0.25, 0.3) is 0 Å². The fourth-order valence-corrected chi connectivity index (χ4v) is 3.93. The van der Waals surface area contributed by atoms with E-state index in [1.807, 2.05) is 0 Å². The Balaban J connectivity index is 1.49. The number of hydrogen-bond donors (Lipinski definition) is 2. The Morgan fingerprint density at radius 1 is 1.00 bits per heavy atom. The first-order chi connectivity index (χ1) is 13.3. The summed E-state index contributed by atoms with van der Waals surface area (Å²) in [5, 5.41) is 6.27. The third kappa shape index (κ3) is 3.63. The van der Waals surface area contributed by atoms with E-state index in [4.69, 9.17) is 0 Å². The van der Waals surface area contributed by atoms with E-state index in [2.05, 4.69) is 10.6 Å². The van der Waals surface area contributed by atoms with Crippen molar-refractivity contribution in [3.63, 3.8) is 0 Å². The monoisotopic (exact) mass is 392 g/mol. The van der Waals surface area contributed by atoms with Crippen molar-refractivity contribution in [2.45, 2.75) is 30.5 Å². The van der Waals surface area contributed by atoms with Crippen LogP contribution < -0.4 is 10.6 Å². The van der Waals surface area contributed by atoms with Crippen molar-refractivity contribution >= 4 is 5.91 Å². The minimum absolute atomic E-state index is 0.128. The Hall–Kier alpha value is -2.41. The van der Waals surface area contributed by atoms with Gasteiger partial charge < -0.3 is 10.6 Å². The van der Waals surface area contributed by atoms with Crippen LogP contribution in [0.5, 0.6) is 0 Å². The molecule has 3 nitrogen and oxygen atoms in total. The molecule has 2 aliphatic rings. The number of amides is 1. The highest BCUT2D eigenvalue weighted by Crippen LogP contribution is 2.46. The van der Waals surface area contributed by atoms with Gasteiger partial charge in [0.25, 0.3) is 0 Å². The molecular formula is C21H20F4N2O. The minimum Gasteiger partial charge on any atom is -0.346 e. The number of hydrogen-bond acceptors (Lipinski definition) is 2. The van der Waals surface area contributed by atoms with Gasteiger partial charge in [-0.2, -0.15) is 13.2 Å². The summed E-state index contributed by atoms with van der Waals surface area (Å²) in [6.45, 7) is 1.00. The minimum atomic E-state index is -4.38. The molecule has 2 N–H and O–H groups in total. The van der Waals surface area contributed by atoms with E-state index in [0.29, 0.717) is 18.7 Å². The van der Waals surface area contributed by atoms with Gasteiger partial charge in [0.1, 0.15) is 5.82 Å². The van der Waals surface area contributed by atoms with E-state index in [1.54, 1.807) is 12.1 Å². The van der Waals surface area contributed by atoms with Crippen LogP contribution in [0.4, 0.5) is 17.6 Å². The number of carbonyl (C=O) groups is 1. The molecule has 1 saturated carbocycles. The summed E-state index contributed by atoms with van der Waals surface area (Å²) in [7, 11) is 0. The molecule has 1 aliphatic carbocycles. The van der Waals surface area contributed by atoms with Crippen LogP contribution in [0.15, 0.2) is 48.5 Å². The summed E-state index contributed by atoms with van der Waals surface area (Å²) in [6.07, 6.45) is -2.80. The number of nitrogens with one attached hydrogen (secondary N) is 2. The number of carbonyl (C=O) groups excluding carboxylic acids is 1. The van der Waals surface area contributed by atoms with Gasteiger partial charge in [0, 0.05) is 19.0 Å². The molecule has 1 aliphatic heterocycles. The lowest BCUT2D eigenvalue weighted by Crippen LogP contribution is -2.41. The fraction of sp³-hybridized carbons (Fsp3) is 0.381. The molecule has 148 valence electrons. The van der Waals surface area contributed by atoms with Crippen LogP contribution in [0.3, 0.4) is 0 Å². The molecule has 4 rings (SSSR count). The number of halogens is 4. The van der Waals surface area contributed by atoms with E-state index in [9.17, 15) is 22.4 Å². The molecule has 28 heavy (non-hydrogen) atoms. The van der Waals surface area contributed by atoms with Gasteiger partial charge in [-0.15, -0.1) is 0 Å². The van der Waals surface area contributed by atoms with Crippen molar-refractivity contribution in [2.75, 3.05) is 13.1 Å². The van der Waals surface area contributed by atoms with Crippen LogP contribution in [-0.2, 0) is 16.5 Å². The average molecular weight is 392 g/mol. The van der Waals surface area contributed by atoms with Gasteiger partial charge in [0.15, 0.2) is 0 Å². The first-order valence-corrected chi connectivity index (χ1v) is 9.24. The molecule has 0 bridgehead atoms. The molecule has 0 spiro atoms. The van der Waals surface area contributed by atoms with Gasteiger partial charge in [0.2, 0.25) is 5.91 Å². The second kappa shape index (κ2) is 6.88. The molecule has 0 unspecified atom stereocenters.